The molecule has 11 nitrogen and oxygen atoms in total. The van der Waals surface area contributed by atoms with Gasteiger partial charge in [-0.2, -0.15) is 4.98 Å². The van der Waals surface area contributed by atoms with Crippen molar-refractivity contribution in [1.82, 2.24) is 24.8 Å². The van der Waals surface area contributed by atoms with Crippen LogP contribution in [0.15, 0.2) is 55.0 Å². The largest absolute Gasteiger partial charge is 0.392 e. The van der Waals surface area contributed by atoms with Crippen LogP contribution in [-0.2, 0) is 23.2 Å². The molecule has 0 radical (unpaired) electrons. The maximum atomic E-state index is 12.1. The molecule has 0 saturated carbocycles. The molecule has 3 N–H and O–H groups in total. The van der Waals surface area contributed by atoms with E-state index in [1.165, 1.54) is 11.4 Å². The van der Waals surface area contributed by atoms with E-state index in [1.807, 2.05) is 41.1 Å². The summed E-state index contributed by atoms with van der Waals surface area (Å²) in [7, 11) is -1.96. The zero-order valence-corrected chi connectivity index (χ0v) is 21.6. The van der Waals surface area contributed by atoms with Gasteiger partial charge in [-0.25, -0.2) is 18.4 Å². The van der Waals surface area contributed by atoms with E-state index in [0.717, 1.165) is 60.3 Å². The molecule has 4 heterocycles. The molecule has 12 heteroatoms. The van der Waals surface area contributed by atoms with Crippen LogP contribution in [0.25, 0.3) is 11.0 Å². The highest BCUT2D eigenvalue weighted by molar-refractivity contribution is 7.92. The van der Waals surface area contributed by atoms with Crippen molar-refractivity contribution in [2.24, 2.45) is 0 Å². The van der Waals surface area contributed by atoms with E-state index in [9.17, 15) is 13.5 Å². The third kappa shape index (κ3) is 5.36. The molecule has 3 aromatic heterocycles. The molecule has 0 amide bonds. The summed E-state index contributed by atoms with van der Waals surface area (Å²) in [5, 5.41) is 17.4. The quantitative estimate of drug-likeness (QED) is 0.318. The van der Waals surface area contributed by atoms with Gasteiger partial charge in [-0.1, -0.05) is 6.07 Å². The van der Waals surface area contributed by atoms with Crippen molar-refractivity contribution in [1.29, 1.82) is 0 Å². The number of pyridine rings is 1. The summed E-state index contributed by atoms with van der Waals surface area (Å²) >= 11 is 0. The number of hydrogen-bond acceptors (Lipinski definition) is 9. The highest BCUT2D eigenvalue weighted by Crippen LogP contribution is 2.27. The van der Waals surface area contributed by atoms with Gasteiger partial charge in [0, 0.05) is 79.7 Å². The van der Waals surface area contributed by atoms with E-state index in [0.29, 0.717) is 24.0 Å². The van der Waals surface area contributed by atoms with Crippen LogP contribution in [0.1, 0.15) is 11.1 Å². The molecule has 0 atom stereocenters. The van der Waals surface area contributed by atoms with Crippen molar-refractivity contribution >= 4 is 44.2 Å². The number of nitrogens with zero attached hydrogens (tertiary/aromatic N) is 6. The number of fused-ring (bicyclic) bond motifs is 1. The van der Waals surface area contributed by atoms with E-state index < -0.39 is 10.0 Å². The Kier molecular flexibility index (Phi) is 6.96. The van der Waals surface area contributed by atoms with E-state index >= 15 is 0 Å². The van der Waals surface area contributed by atoms with Crippen molar-refractivity contribution in [3.05, 3.63) is 66.1 Å². The summed E-state index contributed by atoms with van der Waals surface area (Å²) in [5.74, 6) is 0.797. The molecule has 0 bridgehead atoms. The molecule has 0 spiro atoms. The van der Waals surface area contributed by atoms with Crippen molar-refractivity contribution in [2.75, 3.05) is 54.0 Å². The van der Waals surface area contributed by atoms with Crippen LogP contribution < -0.4 is 19.8 Å². The Hall–Kier alpha value is -3.74. The number of piperazine rings is 1. The molecule has 0 unspecified atom stereocenters. The van der Waals surface area contributed by atoms with Crippen LogP contribution in [-0.4, -0.2) is 72.5 Å². The summed E-state index contributed by atoms with van der Waals surface area (Å²) in [6.07, 6.45) is 6.37. The molecular weight excluding hydrogens is 492 g/mol. The maximum absolute atomic E-state index is 12.1. The number of aromatic nitrogens is 4. The zero-order valence-electron chi connectivity index (χ0n) is 20.8. The van der Waals surface area contributed by atoms with Gasteiger partial charge in [0.05, 0.1) is 19.4 Å². The third-order valence-corrected chi connectivity index (χ3v) is 7.64. The van der Waals surface area contributed by atoms with E-state index in [2.05, 4.69) is 25.5 Å². The number of nitrogens with one attached hydrogen (secondary N) is 2. The van der Waals surface area contributed by atoms with Gasteiger partial charge in [-0.05, 0) is 30.3 Å². The number of benzene rings is 1. The first-order valence-corrected chi connectivity index (χ1v) is 13.8. The molecular formula is C25H30N8O3S. The predicted octanol–water partition coefficient (Wildman–Crippen LogP) is 1.92. The smallest absolute Gasteiger partial charge is 0.233 e. The van der Waals surface area contributed by atoms with Crippen LogP contribution >= 0.6 is 0 Å². The Morgan fingerprint density at radius 1 is 1.14 bits per heavy atom. The first kappa shape index (κ1) is 24.9. The van der Waals surface area contributed by atoms with Crippen molar-refractivity contribution in [2.45, 2.75) is 13.2 Å². The fourth-order valence-corrected chi connectivity index (χ4v) is 4.95. The minimum atomic E-state index is -3.46. The van der Waals surface area contributed by atoms with Crippen LogP contribution in [0.5, 0.6) is 0 Å². The lowest BCUT2D eigenvalue weighted by molar-refractivity contribution is 0.282. The average molecular weight is 523 g/mol. The van der Waals surface area contributed by atoms with E-state index in [-0.39, 0.29) is 6.61 Å². The van der Waals surface area contributed by atoms with Crippen LogP contribution in [0.4, 0.5) is 23.1 Å². The molecule has 4 aromatic rings. The fourth-order valence-electron chi connectivity index (χ4n) is 4.47. The summed E-state index contributed by atoms with van der Waals surface area (Å²) in [6.45, 7) is 3.96. The summed E-state index contributed by atoms with van der Waals surface area (Å²) in [6, 6.07) is 11.5. The number of hydrogen-bond donors (Lipinski definition) is 3. The fraction of sp³-hybridized carbons (Fsp3) is 0.320. The molecule has 1 saturated heterocycles. The van der Waals surface area contributed by atoms with Crippen LogP contribution in [0.2, 0.25) is 0 Å². The number of rotatable bonds is 8. The van der Waals surface area contributed by atoms with Gasteiger partial charge in [0.25, 0.3) is 0 Å². The molecule has 0 aliphatic carbocycles. The summed E-state index contributed by atoms with van der Waals surface area (Å²) in [4.78, 5) is 15.7. The number of aliphatic hydroxyl groups excluding tert-OH is 1. The second-order valence-corrected chi connectivity index (χ2v) is 11.0. The Labute approximate surface area is 215 Å². The number of anilines is 4. The Morgan fingerprint density at radius 2 is 1.95 bits per heavy atom. The molecule has 1 aliphatic rings. The van der Waals surface area contributed by atoms with Gasteiger partial charge >= 0.3 is 0 Å². The molecule has 37 heavy (non-hydrogen) atoms. The highest BCUT2D eigenvalue weighted by Gasteiger charge is 2.18. The monoisotopic (exact) mass is 522 g/mol. The van der Waals surface area contributed by atoms with Crippen molar-refractivity contribution in [3.8, 4) is 0 Å². The first-order chi connectivity index (χ1) is 17.8. The minimum absolute atomic E-state index is 0.0626. The summed E-state index contributed by atoms with van der Waals surface area (Å²) < 4.78 is 27.3. The zero-order chi connectivity index (χ0) is 26.0. The lowest BCUT2D eigenvalue weighted by atomic mass is 10.1. The number of sulfonamides is 1. The van der Waals surface area contributed by atoms with E-state index in [1.54, 1.807) is 18.5 Å². The van der Waals surface area contributed by atoms with Gasteiger partial charge in [0.15, 0.2) is 0 Å². The van der Waals surface area contributed by atoms with Gasteiger partial charge in [-0.15, -0.1) is 0 Å². The summed E-state index contributed by atoms with van der Waals surface area (Å²) in [5.41, 5.74) is 4.11. The topological polar surface area (TPSA) is 129 Å². The maximum Gasteiger partial charge on any atom is 0.233 e. The molecule has 1 aromatic carbocycles. The van der Waals surface area contributed by atoms with Gasteiger partial charge < -0.3 is 25.2 Å². The Bertz CT molecular complexity index is 1520. The second kappa shape index (κ2) is 10.3. The normalized spacial score (nSPS) is 14.2. The third-order valence-electron chi connectivity index (χ3n) is 6.47. The average Bonchev–Trinajstić information content (AvgIpc) is 3.30. The van der Waals surface area contributed by atoms with Crippen molar-refractivity contribution in [3.63, 3.8) is 0 Å². The van der Waals surface area contributed by atoms with E-state index in [4.69, 9.17) is 4.98 Å². The predicted molar refractivity (Wildman–Crippen MR) is 145 cm³/mol. The van der Waals surface area contributed by atoms with Crippen LogP contribution in [0.3, 0.4) is 0 Å². The Balaban J connectivity index is 1.41. The second-order valence-electron chi connectivity index (χ2n) is 9.00. The molecule has 194 valence electrons. The van der Waals surface area contributed by atoms with Gasteiger partial charge in [0.1, 0.15) is 11.5 Å². The lowest BCUT2D eigenvalue weighted by Crippen LogP contribution is -2.43. The van der Waals surface area contributed by atoms with Crippen molar-refractivity contribution < 1.29 is 13.5 Å². The highest BCUT2D eigenvalue weighted by atomic mass is 32.2. The van der Waals surface area contributed by atoms with Gasteiger partial charge in [-0.3, -0.25) is 4.31 Å². The van der Waals surface area contributed by atoms with Crippen LogP contribution in [0, 0.1) is 0 Å². The first-order valence-electron chi connectivity index (χ1n) is 12.0. The molecule has 5 rings (SSSR count). The molecule has 1 fully saturated rings. The SMILES string of the molecule is CN(c1ncccc1Cn1ccc2cnc(Nc3ccc(N4CCNCC4)c(CO)c3)nc21)S(C)(=O)=O. The molecule has 1 aliphatic heterocycles. The van der Waals surface area contributed by atoms with Gasteiger partial charge in [0.2, 0.25) is 16.0 Å². The lowest BCUT2D eigenvalue weighted by Gasteiger charge is -2.31. The standard InChI is InChI=1S/C25H30N8O3S/c1-31(37(2,35)36)23-19(4-3-8-27-23)16-33-11-7-18-15-28-25(30-24(18)33)29-21-5-6-22(20(14-21)17-34)32-12-9-26-10-13-32/h3-8,11,14-15,26,34H,9-10,12-13,16-17H2,1-2H3,(H,28,29,30). The minimum Gasteiger partial charge on any atom is -0.392 e. The Morgan fingerprint density at radius 3 is 2.70 bits per heavy atom. The number of aliphatic hydroxyl groups is 1.